The van der Waals surface area contributed by atoms with E-state index in [2.05, 4.69) is 118 Å². The Bertz CT molecular complexity index is 1040. The summed E-state index contributed by atoms with van der Waals surface area (Å²) < 4.78 is 0. The maximum absolute atomic E-state index is 4.50. The Balaban J connectivity index is 3.78. The Kier molecular flexibility index (Phi) is 15.0. The molecular formula is C36H54S. The van der Waals surface area contributed by atoms with Crippen LogP contribution in [-0.4, -0.2) is 6.26 Å². The molecule has 0 radical (unpaired) electrons. The van der Waals surface area contributed by atoms with E-state index in [9.17, 15) is 0 Å². The Morgan fingerprint density at radius 3 is 2.16 bits per heavy atom. The molecule has 0 fully saturated rings. The number of benzene rings is 1. The molecule has 0 aliphatic rings. The lowest BCUT2D eigenvalue weighted by atomic mass is 9.80. The summed E-state index contributed by atoms with van der Waals surface area (Å²) in [5, 5.41) is 0. The van der Waals surface area contributed by atoms with Crippen LogP contribution in [0, 0.1) is 12.8 Å². The first-order chi connectivity index (χ1) is 17.5. The number of allylic oxidation sites excluding steroid dienone is 9. The normalized spacial score (nSPS) is 14.6. The number of hydrogen-bond acceptors (Lipinski definition) is 1. The zero-order valence-electron chi connectivity index (χ0n) is 25.7. The van der Waals surface area contributed by atoms with E-state index < -0.39 is 0 Å². The molecule has 1 aromatic carbocycles. The van der Waals surface area contributed by atoms with Crippen molar-refractivity contribution in [2.75, 3.05) is 6.26 Å². The molecule has 0 N–H and O–H groups in total. The van der Waals surface area contributed by atoms with E-state index in [0.717, 1.165) is 17.9 Å². The molecule has 1 rings (SSSR count). The van der Waals surface area contributed by atoms with Gasteiger partial charge >= 0.3 is 0 Å². The summed E-state index contributed by atoms with van der Waals surface area (Å²) in [6.45, 7) is 28.9. The first-order valence-corrected chi connectivity index (χ1v) is 15.4. The van der Waals surface area contributed by atoms with Gasteiger partial charge < -0.3 is 0 Å². The average Bonchev–Trinajstić information content (AvgIpc) is 2.87. The van der Waals surface area contributed by atoms with Crippen molar-refractivity contribution in [1.29, 1.82) is 0 Å². The molecular weight excluding hydrogens is 464 g/mol. The van der Waals surface area contributed by atoms with E-state index >= 15 is 0 Å². The number of unbranched alkanes of at least 4 members (excludes halogenated alkanes) is 1. The number of rotatable bonds is 15. The lowest BCUT2D eigenvalue weighted by molar-refractivity contribution is 0.428. The standard InChI is InChI=1S/C36H54S/c1-13-16-18-31(17-14-2)23-35(30(11)37-12)29(10)34-24-32(21-20-28(34)9)36(27(8)15-3)33(26(6)7)22-19-25(4)5/h15,19-22,24,31,36H,6,11,13-14,16-18,23H2,1-5,7-10,12H3/b27-15+,33-22+,35-29-. The molecule has 0 heterocycles. The van der Waals surface area contributed by atoms with E-state index in [4.69, 9.17) is 0 Å². The van der Waals surface area contributed by atoms with E-state index in [-0.39, 0.29) is 5.92 Å². The van der Waals surface area contributed by atoms with Crippen LogP contribution in [0.3, 0.4) is 0 Å². The lowest BCUT2D eigenvalue weighted by Crippen LogP contribution is -2.08. The largest absolute Gasteiger partial charge is 0.130 e. The second-order valence-corrected chi connectivity index (χ2v) is 11.8. The zero-order valence-corrected chi connectivity index (χ0v) is 26.5. The van der Waals surface area contributed by atoms with Crippen molar-refractivity contribution in [1.82, 2.24) is 0 Å². The first-order valence-electron chi connectivity index (χ1n) is 14.2. The van der Waals surface area contributed by atoms with Crippen LogP contribution in [0.1, 0.15) is 117 Å². The lowest BCUT2D eigenvalue weighted by Gasteiger charge is -2.25. The molecule has 0 amide bonds. The molecule has 0 spiro atoms. The summed E-state index contributed by atoms with van der Waals surface area (Å²) in [6, 6.07) is 7.06. The highest BCUT2D eigenvalue weighted by molar-refractivity contribution is 8.02. The highest BCUT2D eigenvalue weighted by atomic mass is 32.2. The molecule has 0 saturated carbocycles. The minimum Gasteiger partial charge on any atom is -0.130 e. The molecule has 0 nitrogen and oxygen atoms in total. The van der Waals surface area contributed by atoms with Crippen LogP contribution in [0.2, 0.25) is 0 Å². The molecule has 204 valence electrons. The van der Waals surface area contributed by atoms with Crippen molar-refractivity contribution < 1.29 is 0 Å². The van der Waals surface area contributed by atoms with E-state index in [0.29, 0.717) is 0 Å². The smallest absolute Gasteiger partial charge is 0.0298 e. The highest BCUT2D eigenvalue weighted by Crippen LogP contribution is 2.40. The molecule has 2 unspecified atom stereocenters. The van der Waals surface area contributed by atoms with E-state index in [1.165, 1.54) is 81.6 Å². The van der Waals surface area contributed by atoms with Crippen LogP contribution in [0.4, 0.5) is 0 Å². The molecule has 1 aromatic rings. The fraction of sp³-hybridized carbons (Fsp3) is 0.500. The Hall–Kier alpha value is -1.99. The van der Waals surface area contributed by atoms with Gasteiger partial charge in [0.15, 0.2) is 0 Å². The van der Waals surface area contributed by atoms with Crippen LogP contribution in [0.5, 0.6) is 0 Å². The summed E-state index contributed by atoms with van der Waals surface area (Å²) in [7, 11) is 0. The Labute approximate surface area is 234 Å². The molecule has 1 heteroatoms. The summed E-state index contributed by atoms with van der Waals surface area (Å²) in [6.07, 6.45) is 16.4. The van der Waals surface area contributed by atoms with Gasteiger partial charge in [-0.3, -0.25) is 0 Å². The van der Waals surface area contributed by atoms with Crippen molar-refractivity contribution in [3.05, 3.63) is 99.0 Å². The highest BCUT2D eigenvalue weighted by Gasteiger charge is 2.21. The van der Waals surface area contributed by atoms with Gasteiger partial charge in [0.2, 0.25) is 0 Å². The van der Waals surface area contributed by atoms with Crippen LogP contribution < -0.4 is 0 Å². The molecule has 37 heavy (non-hydrogen) atoms. The molecule has 0 bridgehead atoms. The summed E-state index contributed by atoms with van der Waals surface area (Å²) in [5.41, 5.74) is 11.9. The van der Waals surface area contributed by atoms with Gasteiger partial charge in [-0.25, -0.2) is 0 Å². The van der Waals surface area contributed by atoms with Crippen molar-refractivity contribution >= 4 is 17.3 Å². The summed E-state index contributed by atoms with van der Waals surface area (Å²) >= 11 is 1.79. The van der Waals surface area contributed by atoms with Gasteiger partial charge in [-0.2, -0.15) is 0 Å². The number of hydrogen-bond donors (Lipinski definition) is 0. The second-order valence-electron chi connectivity index (χ2n) is 10.9. The predicted octanol–water partition coefficient (Wildman–Crippen LogP) is 12.2. The predicted molar refractivity (Wildman–Crippen MR) is 173 cm³/mol. The molecule has 0 aliphatic carbocycles. The van der Waals surface area contributed by atoms with Gasteiger partial charge in [0.25, 0.3) is 0 Å². The van der Waals surface area contributed by atoms with E-state index in [1.54, 1.807) is 11.8 Å². The third-order valence-corrected chi connectivity index (χ3v) is 8.24. The molecule has 0 aromatic heterocycles. The molecule has 0 aliphatic heterocycles. The van der Waals surface area contributed by atoms with Gasteiger partial charge in [0, 0.05) is 10.8 Å². The number of aryl methyl sites for hydroxylation is 1. The number of thioether (sulfide) groups is 1. The SMILES string of the molecule is C=C(C)/C(=C\C=C(C)C)C(/C(C)=C/C)c1ccc(C)c(/C(C)=C(/CC(CCC)CCCC)C(=C)SC)c1. The van der Waals surface area contributed by atoms with Gasteiger partial charge in [-0.15, -0.1) is 11.8 Å². The van der Waals surface area contributed by atoms with Gasteiger partial charge in [0.05, 0.1) is 0 Å². The van der Waals surface area contributed by atoms with Crippen molar-refractivity contribution in [2.45, 2.75) is 107 Å². The van der Waals surface area contributed by atoms with Gasteiger partial charge in [0.1, 0.15) is 0 Å². The Morgan fingerprint density at radius 1 is 0.973 bits per heavy atom. The molecule has 0 saturated heterocycles. The van der Waals surface area contributed by atoms with Gasteiger partial charge in [-0.1, -0.05) is 112 Å². The first kappa shape index (κ1) is 33.0. The second kappa shape index (κ2) is 16.8. The third-order valence-electron chi connectivity index (χ3n) is 7.50. The monoisotopic (exact) mass is 518 g/mol. The van der Waals surface area contributed by atoms with Crippen LogP contribution in [0.25, 0.3) is 5.57 Å². The fourth-order valence-corrected chi connectivity index (χ4v) is 5.60. The minimum absolute atomic E-state index is 0.190. The van der Waals surface area contributed by atoms with Crippen molar-refractivity contribution in [2.24, 2.45) is 5.92 Å². The van der Waals surface area contributed by atoms with Gasteiger partial charge in [-0.05, 0) is 100 Å². The zero-order chi connectivity index (χ0) is 28.1. The fourth-order valence-electron chi connectivity index (χ4n) is 5.12. The van der Waals surface area contributed by atoms with Crippen LogP contribution in [-0.2, 0) is 0 Å². The van der Waals surface area contributed by atoms with Crippen molar-refractivity contribution in [3.63, 3.8) is 0 Å². The maximum atomic E-state index is 4.50. The van der Waals surface area contributed by atoms with Crippen molar-refractivity contribution in [3.8, 4) is 0 Å². The minimum atomic E-state index is 0.190. The summed E-state index contributed by atoms with van der Waals surface area (Å²) in [5.74, 6) is 0.914. The third kappa shape index (κ3) is 10.0. The average molecular weight is 519 g/mol. The quantitative estimate of drug-likeness (QED) is 0.164. The van der Waals surface area contributed by atoms with Crippen LogP contribution >= 0.6 is 11.8 Å². The van der Waals surface area contributed by atoms with Crippen LogP contribution in [0.15, 0.2) is 82.4 Å². The molecule has 2 atom stereocenters. The maximum Gasteiger partial charge on any atom is 0.0298 e. The topological polar surface area (TPSA) is 0 Å². The summed E-state index contributed by atoms with van der Waals surface area (Å²) in [4.78, 5) is 1.21. The van der Waals surface area contributed by atoms with E-state index in [1.807, 2.05) is 0 Å². The Morgan fingerprint density at radius 2 is 1.65 bits per heavy atom.